The van der Waals surface area contributed by atoms with E-state index >= 15 is 0 Å². The van der Waals surface area contributed by atoms with Gasteiger partial charge in [-0.15, -0.1) is 0 Å². The van der Waals surface area contributed by atoms with Crippen LogP contribution < -0.4 is 5.32 Å². The lowest BCUT2D eigenvalue weighted by Gasteiger charge is -2.33. The smallest absolute Gasteiger partial charge is 0.333 e. The maximum atomic E-state index is 11.9. The molecule has 3 atom stereocenters. The van der Waals surface area contributed by atoms with Crippen LogP contribution in [-0.4, -0.2) is 18.1 Å². The second kappa shape index (κ2) is 7.40. The first-order chi connectivity index (χ1) is 11.6. The third-order valence-electron chi connectivity index (χ3n) is 4.56. The quantitative estimate of drug-likeness (QED) is 0.489. The molecule has 3 unspecified atom stereocenters. The number of allylic oxidation sites excluding steroid dienone is 7. The van der Waals surface area contributed by atoms with Gasteiger partial charge in [-0.2, -0.15) is 0 Å². The van der Waals surface area contributed by atoms with Gasteiger partial charge in [0.05, 0.1) is 12.0 Å². The lowest BCUT2D eigenvalue weighted by Crippen LogP contribution is -2.44. The molecule has 0 aliphatic heterocycles. The average molecular weight is 321 g/mol. The summed E-state index contributed by atoms with van der Waals surface area (Å²) in [6, 6.07) is 0.118. The van der Waals surface area contributed by atoms with Gasteiger partial charge in [0.1, 0.15) is 6.10 Å². The zero-order chi connectivity index (χ0) is 16.9. The van der Waals surface area contributed by atoms with E-state index in [2.05, 4.69) is 35.9 Å². The van der Waals surface area contributed by atoms with Crippen LogP contribution in [0.4, 0.5) is 0 Å². The maximum Gasteiger partial charge on any atom is 0.333 e. The van der Waals surface area contributed by atoms with Gasteiger partial charge in [0, 0.05) is 11.3 Å². The number of carbonyl (C=O) groups excluding carboxylic acids is 1. The zero-order valence-electron chi connectivity index (χ0n) is 14.0. The summed E-state index contributed by atoms with van der Waals surface area (Å²) >= 11 is 0. The number of ether oxygens (including phenoxy) is 1. The zero-order valence-corrected chi connectivity index (χ0v) is 14.0. The molecule has 24 heavy (non-hydrogen) atoms. The Hall–Kier alpha value is -2.47. The Morgan fingerprint density at radius 3 is 2.96 bits per heavy atom. The molecule has 1 N–H and O–H groups in total. The van der Waals surface area contributed by atoms with Crippen molar-refractivity contribution in [2.45, 2.75) is 44.8 Å². The number of carbonyl (C=O) groups is 1. The normalized spacial score (nSPS) is 27.6. The molecular formula is C21H23NO2. The summed E-state index contributed by atoms with van der Waals surface area (Å²) in [6.45, 7) is 5.37. The van der Waals surface area contributed by atoms with Crippen LogP contribution in [0, 0.1) is 17.8 Å². The number of esters is 1. The van der Waals surface area contributed by atoms with Gasteiger partial charge in [0.25, 0.3) is 0 Å². The summed E-state index contributed by atoms with van der Waals surface area (Å²) in [5.41, 5.74) is 2.68. The average Bonchev–Trinajstić information content (AvgIpc) is 2.79. The van der Waals surface area contributed by atoms with E-state index < -0.39 is 0 Å². The number of rotatable bonds is 4. The molecule has 0 aromatic heterocycles. The Morgan fingerprint density at radius 1 is 1.29 bits per heavy atom. The molecule has 0 heterocycles. The fraction of sp³-hybridized carbons (Fsp3) is 0.381. The van der Waals surface area contributed by atoms with Crippen molar-refractivity contribution < 1.29 is 9.53 Å². The molecule has 0 radical (unpaired) electrons. The molecule has 3 heteroatoms. The van der Waals surface area contributed by atoms with E-state index in [9.17, 15) is 4.79 Å². The third kappa shape index (κ3) is 3.71. The highest BCUT2D eigenvalue weighted by Gasteiger charge is 2.29. The molecule has 1 fully saturated rings. The highest BCUT2D eigenvalue weighted by atomic mass is 16.5. The molecule has 0 amide bonds. The number of nitrogens with one attached hydrogen (secondary N) is 1. The maximum absolute atomic E-state index is 11.9. The predicted octanol–water partition coefficient (Wildman–Crippen LogP) is 3.58. The minimum Gasteiger partial charge on any atom is -0.457 e. The Kier molecular flexibility index (Phi) is 5.05. The molecule has 0 spiro atoms. The highest BCUT2D eigenvalue weighted by Crippen LogP contribution is 2.27. The van der Waals surface area contributed by atoms with Crippen LogP contribution in [0.3, 0.4) is 0 Å². The molecule has 0 saturated heterocycles. The lowest BCUT2D eigenvalue weighted by molar-refractivity contribution is -0.147. The van der Waals surface area contributed by atoms with Gasteiger partial charge >= 0.3 is 5.97 Å². The first-order valence-corrected chi connectivity index (χ1v) is 8.55. The fourth-order valence-electron chi connectivity index (χ4n) is 3.26. The molecule has 124 valence electrons. The Balaban J connectivity index is 1.78. The number of hydrogen-bond donors (Lipinski definition) is 1. The summed E-state index contributed by atoms with van der Waals surface area (Å²) < 4.78 is 5.66. The molecule has 3 rings (SSSR count). The van der Waals surface area contributed by atoms with E-state index in [1.165, 1.54) is 5.57 Å². The van der Waals surface area contributed by atoms with Gasteiger partial charge in [-0.05, 0) is 43.9 Å². The van der Waals surface area contributed by atoms with Crippen molar-refractivity contribution in [3.63, 3.8) is 0 Å². The van der Waals surface area contributed by atoms with Gasteiger partial charge < -0.3 is 10.1 Å². The van der Waals surface area contributed by atoms with Crippen LogP contribution in [0.25, 0.3) is 0 Å². The molecule has 0 aromatic carbocycles. The van der Waals surface area contributed by atoms with Crippen LogP contribution >= 0.6 is 0 Å². The summed E-state index contributed by atoms with van der Waals surface area (Å²) in [6.07, 6.45) is 16.2. The summed E-state index contributed by atoms with van der Waals surface area (Å²) in [5.74, 6) is 6.13. The first kappa shape index (κ1) is 16.4. The van der Waals surface area contributed by atoms with Crippen LogP contribution in [0.2, 0.25) is 0 Å². The number of fused-ring (bicyclic) bond motifs is 1. The fourth-order valence-corrected chi connectivity index (χ4v) is 3.26. The van der Waals surface area contributed by atoms with E-state index in [0.29, 0.717) is 5.57 Å². The van der Waals surface area contributed by atoms with Gasteiger partial charge in [-0.25, -0.2) is 4.79 Å². The van der Waals surface area contributed by atoms with Crippen molar-refractivity contribution in [2.75, 3.05) is 0 Å². The van der Waals surface area contributed by atoms with E-state index in [-0.39, 0.29) is 24.0 Å². The first-order valence-electron chi connectivity index (χ1n) is 8.55. The molecule has 3 aliphatic rings. The molecule has 1 saturated carbocycles. The molecule has 3 nitrogen and oxygen atoms in total. The predicted molar refractivity (Wildman–Crippen MR) is 95.8 cm³/mol. The largest absolute Gasteiger partial charge is 0.457 e. The SMILES string of the molecule is C=C(C)C(=O)OC1CCCCC1NC1=C2C=CC=CC2C#CC=C1. The topological polar surface area (TPSA) is 38.3 Å². The summed E-state index contributed by atoms with van der Waals surface area (Å²) in [5, 5.41) is 3.61. The molecular weight excluding hydrogens is 298 g/mol. The standard InChI is InChI=1S/C21H23NO2/c1-15(2)21(23)24-20-14-8-7-13-19(20)22-18-12-6-4-10-16-9-3-5-11-17(16)18/h3,5-6,9,11-12,16,19-20,22H,1,7-8,13-14H2,2H3. The molecule has 0 aromatic rings. The molecule has 0 bridgehead atoms. The lowest BCUT2D eigenvalue weighted by atomic mass is 9.90. The van der Waals surface area contributed by atoms with Crippen LogP contribution in [-0.2, 0) is 9.53 Å². The Bertz CT molecular complexity index is 712. The van der Waals surface area contributed by atoms with Crippen molar-refractivity contribution in [3.8, 4) is 11.8 Å². The van der Waals surface area contributed by atoms with Gasteiger partial charge in [0.15, 0.2) is 0 Å². The summed E-state index contributed by atoms with van der Waals surface area (Å²) in [7, 11) is 0. The van der Waals surface area contributed by atoms with E-state index in [4.69, 9.17) is 4.74 Å². The Morgan fingerprint density at radius 2 is 2.12 bits per heavy atom. The second-order valence-corrected chi connectivity index (χ2v) is 6.47. The minimum atomic E-state index is -0.301. The van der Waals surface area contributed by atoms with Crippen molar-refractivity contribution in [1.82, 2.24) is 5.32 Å². The highest BCUT2D eigenvalue weighted by molar-refractivity contribution is 5.87. The summed E-state index contributed by atoms with van der Waals surface area (Å²) in [4.78, 5) is 11.9. The van der Waals surface area contributed by atoms with Gasteiger partial charge in [0.2, 0.25) is 0 Å². The minimum absolute atomic E-state index is 0.116. The monoisotopic (exact) mass is 321 g/mol. The van der Waals surface area contributed by atoms with E-state index in [1.807, 2.05) is 24.3 Å². The van der Waals surface area contributed by atoms with Crippen molar-refractivity contribution in [1.29, 1.82) is 0 Å². The third-order valence-corrected chi connectivity index (χ3v) is 4.56. The number of hydrogen-bond acceptors (Lipinski definition) is 3. The van der Waals surface area contributed by atoms with Crippen LogP contribution in [0.5, 0.6) is 0 Å². The van der Waals surface area contributed by atoms with Crippen LogP contribution in [0.15, 0.2) is 59.9 Å². The van der Waals surface area contributed by atoms with Gasteiger partial charge in [-0.1, -0.05) is 49.1 Å². The van der Waals surface area contributed by atoms with E-state index in [1.54, 1.807) is 6.92 Å². The van der Waals surface area contributed by atoms with Crippen LogP contribution in [0.1, 0.15) is 32.6 Å². The van der Waals surface area contributed by atoms with Gasteiger partial charge in [-0.3, -0.25) is 0 Å². The Labute approximate surface area is 143 Å². The molecule has 3 aliphatic carbocycles. The van der Waals surface area contributed by atoms with E-state index in [0.717, 1.165) is 31.4 Å². The van der Waals surface area contributed by atoms with Crippen molar-refractivity contribution in [2.24, 2.45) is 5.92 Å². The van der Waals surface area contributed by atoms with Crippen molar-refractivity contribution >= 4 is 5.97 Å². The van der Waals surface area contributed by atoms with Crippen molar-refractivity contribution in [3.05, 3.63) is 59.9 Å². The second-order valence-electron chi connectivity index (χ2n) is 6.47.